The van der Waals surface area contributed by atoms with Crippen LogP contribution in [0.4, 0.5) is 5.13 Å². The topological polar surface area (TPSA) is 99.7 Å². The number of carbonyl (C=O) groups is 4. The second kappa shape index (κ2) is 8.46. The number of nitrogens with one attached hydrogen (secondary N) is 1. The second-order valence-electron chi connectivity index (χ2n) is 8.84. The van der Waals surface area contributed by atoms with Gasteiger partial charge in [0.05, 0.1) is 23.4 Å². The Hall–Kier alpha value is -3.07. The monoisotopic (exact) mass is 454 g/mol. The van der Waals surface area contributed by atoms with Crippen LogP contribution in [0.1, 0.15) is 75.8 Å². The zero-order valence-corrected chi connectivity index (χ0v) is 19.4. The van der Waals surface area contributed by atoms with Gasteiger partial charge in [0.15, 0.2) is 5.13 Å². The van der Waals surface area contributed by atoms with Gasteiger partial charge in [-0.15, -0.1) is 0 Å². The lowest BCUT2D eigenvalue weighted by Crippen LogP contribution is -2.36. The minimum atomic E-state index is -0.394. The lowest BCUT2D eigenvalue weighted by molar-refractivity contribution is -0.132. The van der Waals surface area contributed by atoms with Crippen molar-refractivity contribution >= 4 is 40.1 Å². The Kier molecular flexibility index (Phi) is 5.85. The Bertz CT molecular complexity index is 1120. The smallest absolute Gasteiger partial charge is 0.261 e. The van der Waals surface area contributed by atoms with E-state index >= 15 is 0 Å². The molecule has 0 aliphatic carbocycles. The summed E-state index contributed by atoms with van der Waals surface area (Å²) in [6.45, 7) is 8.73. The average molecular weight is 455 g/mol. The first kappa shape index (κ1) is 22.1. The fourth-order valence-corrected chi connectivity index (χ4v) is 5.00. The zero-order chi connectivity index (χ0) is 23.2. The molecule has 9 heteroatoms. The predicted octanol–water partition coefficient (Wildman–Crippen LogP) is 3.33. The van der Waals surface area contributed by atoms with Crippen molar-refractivity contribution in [3.8, 4) is 0 Å². The molecule has 3 heterocycles. The first-order valence-electron chi connectivity index (χ1n) is 10.7. The van der Waals surface area contributed by atoms with Crippen LogP contribution >= 0.6 is 11.3 Å². The molecular formula is C23H26N4O4S. The predicted molar refractivity (Wildman–Crippen MR) is 121 cm³/mol. The van der Waals surface area contributed by atoms with Gasteiger partial charge in [-0.25, -0.2) is 4.98 Å². The summed E-state index contributed by atoms with van der Waals surface area (Å²) in [6.07, 6.45) is 1.18. The largest absolute Gasteiger partial charge is 0.337 e. The number of hydrogen-bond acceptors (Lipinski definition) is 6. The lowest BCUT2D eigenvalue weighted by Gasteiger charge is -2.26. The number of carbonyl (C=O) groups excluding carboxylic acids is 4. The summed E-state index contributed by atoms with van der Waals surface area (Å²) in [7, 11) is 0. The van der Waals surface area contributed by atoms with Gasteiger partial charge in [0, 0.05) is 35.9 Å². The minimum Gasteiger partial charge on any atom is -0.337 e. The Morgan fingerprint density at radius 2 is 1.84 bits per heavy atom. The summed E-state index contributed by atoms with van der Waals surface area (Å²) < 4.78 is 0. The molecule has 0 unspecified atom stereocenters. The maximum atomic E-state index is 12.8. The molecule has 32 heavy (non-hydrogen) atoms. The molecule has 0 radical (unpaired) electrons. The molecule has 1 aromatic carbocycles. The number of amides is 4. The van der Waals surface area contributed by atoms with Crippen LogP contribution in [0.3, 0.4) is 0 Å². The highest BCUT2D eigenvalue weighted by molar-refractivity contribution is 7.15. The summed E-state index contributed by atoms with van der Waals surface area (Å²) in [5.74, 6) is -0.670. The number of fused-ring (bicyclic) bond motifs is 2. The molecule has 0 fully saturated rings. The van der Waals surface area contributed by atoms with Crippen LogP contribution < -0.4 is 5.32 Å². The zero-order valence-electron chi connectivity index (χ0n) is 18.6. The third-order valence-electron chi connectivity index (χ3n) is 5.58. The first-order valence-corrected chi connectivity index (χ1v) is 11.6. The first-order chi connectivity index (χ1) is 15.2. The maximum Gasteiger partial charge on any atom is 0.261 e. The highest BCUT2D eigenvalue weighted by Crippen LogP contribution is 2.30. The number of nitrogens with zero attached hydrogens (tertiary/aromatic N) is 3. The van der Waals surface area contributed by atoms with E-state index in [9.17, 15) is 19.2 Å². The molecule has 2 aromatic rings. The van der Waals surface area contributed by atoms with Crippen LogP contribution in [0.25, 0.3) is 0 Å². The Labute approximate surface area is 190 Å². The number of imide groups is 1. The summed E-state index contributed by atoms with van der Waals surface area (Å²) in [4.78, 5) is 58.8. The van der Waals surface area contributed by atoms with E-state index in [1.807, 2.05) is 18.7 Å². The van der Waals surface area contributed by atoms with E-state index in [0.717, 1.165) is 10.6 Å². The number of rotatable bonds is 5. The molecule has 1 N–H and O–H groups in total. The van der Waals surface area contributed by atoms with Crippen molar-refractivity contribution < 1.29 is 19.2 Å². The maximum absolute atomic E-state index is 12.8. The normalized spacial score (nSPS) is 15.4. The Morgan fingerprint density at radius 3 is 2.53 bits per heavy atom. The number of anilines is 1. The summed E-state index contributed by atoms with van der Waals surface area (Å²) in [5, 5.41) is 3.26. The van der Waals surface area contributed by atoms with Crippen LogP contribution in [0.15, 0.2) is 18.2 Å². The molecule has 8 nitrogen and oxygen atoms in total. The van der Waals surface area contributed by atoms with Crippen LogP contribution in [0, 0.1) is 5.92 Å². The van der Waals surface area contributed by atoms with Crippen molar-refractivity contribution in [2.24, 2.45) is 5.92 Å². The molecule has 0 spiro atoms. The highest BCUT2D eigenvalue weighted by atomic mass is 32.1. The third kappa shape index (κ3) is 4.04. The van der Waals surface area contributed by atoms with E-state index in [2.05, 4.69) is 10.3 Å². The highest BCUT2D eigenvalue weighted by Gasteiger charge is 2.37. The van der Waals surface area contributed by atoms with Crippen molar-refractivity contribution in [1.82, 2.24) is 14.8 Å². The molecule has 2 aliphatic rings. The van der Waals surface area contributed by atoms with E-state index in [1.165, 1.54) is 28.4 Å². The molecule has 4 amide bonds. The van der Waals surface area contributed by atoms with E-state index in [4.69, 9.17) is 0 Å². The van der Waals surface area contributed by atoms with E-state index in [-0.39, 0.29) is 34.9 Å². The van der Waals surface area contributed by atoms with Crippen molar-refractivity contribution in [2.75, 3.05) is 11.9 Å². The molecule has 0 atom stereocenters. The molecule has 0 saturated carbocycles. The van der Waals surface area contributed by atoms with Gasteiger partial charge in [-0.1, -0.05) is 25.2 Å². The van der Waals surface area contributed by atoms with Crippen molar-refractivity contribution in [2.45, 2.75) is 53.1 Å². The van der Waals surface area contributed by atoms with Gasteiger partial charge in [-0.2, -0.15) is 0 Å². The number of thiazole rings is 1. The summed E-state index contributed by atoms with van der Waals surface area (Å²) >= 11 is 1.36. The average Bonchev–Trinajstić information content (AvgIpc) is 3.24. The molecule has 0 saturated heterocycles. The van der Waals surface area contributed by atoms with Crippen LogP contribution in [0.5, 0.6) is 0 Å². The molecule has 2 aliphatic heterocycles. The van der Waals surface area contributed by atoms with Gasteiger partial charge in [-0.3, -0.25) is 29.4 Å². The van der Waals surface area contributed by atoms with Gasteiger partial charge in [-0.05, 0) is 38.0 Å². The SMILES string of the molecule is CC(C)CC(=O)N1CCc2nc(NC(=O)c3ccc4c(c3)C(=O)N(C(C)C)C4=O)sc2C1. The van der Waals surface area contributed by atoms with Gasteiger partial charge in [0.25, 0.3) is 17.7 Å². The lowest BCUT2D eigenvalue weighted by atomic mass is 10.1. The van der Waals surface area contributed by atoms with Crippen LogP contribution in [-0.4, -0.2) is 51.0 Å². The van der Waals surface area contributed by atoms with E-state index < -0.39 is 5.91 Å². The molecular weight excluding hydrogens is 428 g/mol. The quantitative estimate of drug-likeness (QED) is 0.699. The number of hydrogen-bond donors (Lipinski definition) is 1. The Balaban J connectivity index is 1.48. The van der Waals surface area contributed by atoms with E-state index in [1.54, 1.807) is 19.9 Å². The Morgan fingerprint density at radius 1 is 1.12 bits per heavy atom. The van der Waals surface area contributed by atoms with Crippen molar-refractivity contribution in [3.63, 3.8) is 0 Å². The van der Waals surface area contributed by atoms with Crippen LogP contribution in [0.2, 0.25) is 0 Å². The van der Waals surface area contributed by atoms with Crippen molar-refractivity contribution in [3.05, 3.63) is 45.5 Å². The third-order valence-corrected chi connectivity index (χ3v) is 6.58. The van der Waals surface area contributed by atoms with Gasteiger partial charge in [0.1, 0.15) is 0 Å². The number of benzene rings is 1. The fraction of sp³-hybridized carbons (Fsp3) is 0.435. The van der Waals surface area contributed by atoms with Crippen LogP contribution in [-0.2, 0) is 17.8 Å². The van der Waals surface area contributed by atoms with Gasteiger partial charge >= 0.3 is 0 Å². The molecule has 4 rings (SSSR count). The van der Waals surface area contributed by atoms with Gasteiger partial charge in [0.2, 0.25) is 5.91 Å². The fourth-order valence-electron chi connectivity index (χ4n) is 3.98. The van der Waals surface area contributed by atoms with Gasteiger partial charge < -0.3 is 4.90 Å². The minimum absolute atomic E-state index is 0.137. The van der Waals surface area contributed by atoms with E-state index in [0.29, 0.717) is 42.5 Å². The standard InChI is InChI=1S/C23H26N4O4S/c1-12(2)9-19(28)26-8-7-17-18(11-26)32-23(24-17)25-20(29)14-5-6-15-16(10-14)22(31)27(13(3)4)21(15)30/h5-6,10,12-13H,7-9,11H2,1-4H3,(H,24,25,29). The molecule has 168 valence electrons. The summed E-state index contributed by atoms with van der Waals surface area (Å²) in [6, 6.07) is 4.28. The molecule has 0 bridgehead atoms. The molecule has 1 aromatic heterocycles. The van der Waals surface area contributed by atoms with Crippen molar-refractivity contribution in [1.29, 1.82) is 0 Å². The number of aromatic nitrogens is 1. The second-order valence-corrected chi connectivity index (χ2v) is 9.92. The summed E-state index contributed by atoms with van der Waals surface area (Å²) in [5.41, 5.74) is 1.75.